The Kier molecular flexibility index (Phi) is 5.00. The molecule has 150 valence electrons. The van der Waals surface area contributed by atoms with Crippen molar-refractivity contribution in [3.05, 3.63) is 82.6 Å². The lowest BCUT2D eigenvalue weighted by molar-refractivity contribution is -0.231. The summed E-state index contributed by atoms with van der Waals surface area (Å²) in [6, 6.07) is 14.4. The molecule has 0 saturated carbocycles. The van der Waals surface area contributed by atoms with Gasteiger partial charge in [-0.15, -0.1) is 0 Å². The van der Waals surface area contributed by atoms with E-state index < -0.39 is 11.8 Å². The van der Waals surface area contributed by atoms with Crippen molar-refractivity contribution in [2.45, 2.75) is 12.2 Å². The highest BCUT2D eigenvalue weighted by Gasteiger charge is 2.49. The number of nitrogens with one attached hydrogen (secondary N) is 1. The number of carbonyl (C=O) groups is 1. The third-order valence-electron chi connectivity index (χ3n) is 4.97. The number of aliphatic hydroxyl groups is 1. The number of anilines is 1. The Hall–Kier alpha value is -3.29. The number of cyclic esters (lactones) is 1. The molecule has 0 amide bonds. The zero-order chi connectivity index (χ0) is 20.4. The first-order valence-electron chi connectivity index (χ1n) is 9.15. The molecule has 2 heterocycles. The summed E-state index contributed by atoms with van der Waals surface area (Å²) in [5, 5.41) is 14.6. The van der Waals surface area contributed by atoms with Gasteiger partial charge in [0.2, 0.25) is 0 Å². The highest BCUT2D eigenvalue weighted by atomic mass is 17.2. The van der Waals surface area contributed by atoms with E-state index in [1.54, 1.807) is 37.5 Å². The van der Waals surface area contributed by atoms with E-state index in [1.165, 1.54) is 0 Å². The molecule has 0 bridgehead atoms. The van der Waals surface area contributed by atoms with Crippen molar-refractivity contribution in [2.24, 2.45) is 0 Å². The summed E-state index contributed by atoms with van der Waals surface area (Å²) in [6.07, 6.45) is 1.92. The number of ether oxygens (including phenoxy) is 2. The maximum absolute atomic E-state index is 12.7. The number of benzene rings is 2. The second-order valence-corrected chi connectivity index (χ2v) is 6.68. The third-order valence-corrected chi connectivity index (χ3v) is 4.97. The van der Waals surface area contributed by atoms with E-state index in [9.17, 15) is 9.90 Å². The molecule has 2 N–H and O–H groups in total. The smallest absolute Gasteiger partial charge is 0.345 e. The number of methoxy groups -OCH3 is 1. The average molecular weight is 395 g/mol. The first-order chi connectivity index (χ1) is 14.0. The summed E-state index contributed by atoms with van der Waals surface area (Å²) in [4.78, 5) is 22.8. The van der Waals surface area contributed by atoms with Crippen LogP contribution in [0.25, 0.3) is 0 Å². The van der Waals surface area contributed by atoms with E-state index in [-0.39, 0.29) is 24.4 Å². The van der Waals surface area contributed by atoms with Crippen LogP contribution in [-0.2, 0) is 31.5 Å². The molecule has 2 aromatic rings. The second-order valence-electron chi connectivity index (χ2n) is 6.68. The van der Waals surface area contributed by atoms with Crippen LogP contribution in [0.2, 0.25) is 0 Å². The van der Waals surface area contributed by atoms with Gasteiger partial charge < -0.3 is 24.8 Å². The van der Waals surface area contributed by atoms with Crippen molar-refractivity contribution in [3.63, 3.8) is 0 Å². The average Bonchev–Trinajstić information content (AvgIpc) is 3.35. The van der Waals surface area contributed by atoms with Gasteiger partial charge in [-0.05, 0) is 48.0 Å². The number of rotatable bonds is 6. The maximum atomic E-state index is 12.7. The van der Waals surface area contributed by atoms with Crippen molar-refractivity contribution in [1.29, 1.82) is 0 Å². The first kappa shape index (κ1) is 19.0. The van der Waals surface area contributed by atoms with Crippen LogP contribution in [0.4, 0.5) is 5.69 Å². The molecule has 1 atom stereocenters. The maximum Gasteiger partial charge on any atom is 0.345 e. The Morgan fingerprint density at radius 3 is 2.66 bits per heavy atom. The molecule has 4 rings (SSSR count). The van der Waals surface area contributed by atoms with Crippen molar-refractivity contribution in [2.75, 3.05) is 26.1 Å². The minimum Gasteiger partial charge on any atom is -0.497 e. The molecule has 2 aliphatic rings. The van der Waals surface area contributed by atoms with E-state index in [1.807, 2.05) is 31.3 Å². The third kappa shape index (κ3) is 3.46. The normalized spacial score (nSPS) is 20.9. The van der Waals surface area contributed by atoms with E-state index in [0.717, 1.165) is 11.3 Å². The summed E-state index contributed by atoms with van der Waals surface area (Å²) in [6.45, 7) is 0.218. The van der Waals surface area contributed by atoms with E-state index in [0.29, 0.717) is 16.9 Å². The molecule has 0 saturated heterocycles. The van der Waals surface area contributed by atoms with Gasteiger partial charge in [-0.3, -0.25) is 0 Å². The second kappa shape index (κ2) is 7.62. The van der Waals surface area contributed by atoms with Gasteiger partial charge >= 0.3 is 5.97 Å². The zero-order valence-electron chi connectivity index (χ0n) is 16.1. The Balaban J connectivity index is 1.82. The van der Waals surface area contributed by atoms with Crippen molar-refractivity contribution >= 4 is 11.7 Å². The monoisotopic (exact) mass is 395 g/mol. The van der Waals surface area contributed by atoms with Crippen LogP contribution in [0, 0.1) is 0 Å². The van der Waals surface area contributed by atoms with Crippen LogP contribution in [0.15, 0.2) is 71.5 Å². The van der Waals surface area contributed by atoms with Gasteiger partial charge in [0.05, 0.1) is 7.11 Å². The lowest BCUT2D eigenvalue weighted by Crippen LogP contribution is -2.29. The fraction of sp³-hybridized carbons (Fsp3) is 0.227. The molecule has 29 heavy (non-hydrogen) atoms. The van der Waals surface area contributed by atoms with E-state index >= 15 is 0 Å². The minimum atomic E-state index is -1.93. The lowest BCUT2D eigenvalue weighted by atomic mass is 9.89. The summed E-state index contributed by atoms with van der Waals surface area (Å²) in [7, 11) is 3.38. The highest BCUT2D eigenvalue weighted by molar-refractivity contribution is 5.97. The standard InChI is InChI=1S/C22H21NO6/c1-23-16-5-3-4-14(12-16)13-18-20(19-10-11-27-29-19)21(24)28-22(18,25)15-6-8-17(26-2)9-7-15/h3-10,12,23,25H,11,13H2,1-2H3. The Labute approximate surface area is 168 Å². The molecule has 1 unspecified atom stereocenters. The molecule has 7 nitrogen and oxygen atoms in total. The molecular formula is C22H21NO6. The molecule has 2 aliphatic heterocycles. The molecule has 0 aliphatic carbocycles. The molecular weight excluding hydrogens is 374 g/mol. The predicted molar refractivity (Wildman–Crippen MR) is 105 cm³/mol. The molecule has 7 heteroatoms. The molecule has 2 aromatic carbocycles. The zero-order valence-corrected chi connectivity index (χ0v) is 16.1. The van der Waals surface area contributed by atoms with Crippen LogP contribution in [0.5, 0.6) is 5.75 Å². The minimum absolute atomic E-state index is 0.177. The van der Waals surface area contributed by atoms with Crippen molar-refractivity contribution in [3.8, 4) is 5.75 Å². The van der Waals surface area contributed by atoms with Gasteiger partial charge in [-0.25, -0.2) is 4.79 Å². The molecule has 0 spiro atoms. The summed E-state index contributed by atoms with van der Waals surface area (Å²) < 4.78 is 10.7. The van der Waals surface area contributed by atoms with E-state index in [4.69, 9.17) is 19.2 Å². The number of hydrogen-bond acceptors (Lipinski definition) is 7. The Bertz CT molecular complexity index is 995. The topological polar surface area (TPSA) is 86.3 Å². The number of hydrogen-bond donors (Lipinski definition) is 2. The summed E-state index contributed by atoms with van der Waals surface area (Å²) >= 11 is 0. The largest absolute Gasteiger partial charge is 0.497 e. The molecule has 0 fully saturated rings. The fourth-order valence-corrected chi connectivity index (χ4v) is 3.47. The van der Waals surface area contributed by atoms with Crippen LogP contribution in [0.1, 0.15) is 11.1 Å². The van der Waals surface area contributed by atoms with E-state index in [2.05, 4.69) is 5.32 Å². The Morgan fingerprint density at radius 1 is 1.21 bits per heavy atom. The molecule has 0 radical (unpaired) electrons. The fourth-order valence-electron chi connectivity index (χ4n) is 3.47. The summed E-state index contributed by atoms with van der Waals surface area (Å²) in [5.74, 6) is -1.72. The van der Waals surface area contributed by atoms with Crippen molar-refractivity contribution < 1.29 is 29.1 Å². The van der Waals surface area contributed by atoms with Gasteiger partial charge in [0, 0.05) is 30.3 Å². The Morgan fingerprint density at radius 2 is 2.00 bits per heavy atom. The van der Waals surface area contributed by atoms with Gasteiger partial charge in [0.25, 0.3) is 5.79 Å². The SMILES string of the molecule is CNc1cccc(CC2=C(C3=CCOO3)C(=O)OC2(O)c2ccc(OC)cc2)c1. The van der Waals surface area contributed by atoms with Gasteiger partial charge in [-0.1, -0.05) is 12.1 Å². The highest BCUT2D eigenvalue weighted by Crippen LogP contribution is 2.44. The number of carbonyl (C=O) groups excluding carboxylic acids is 1. The van der Waals surface area contributed by atoms with Crippen LogP contribution in [-0.4, -0.2) is 31.8 Å². The number of esters is 1. The van der Waals surface area contributed by atoms with Crippen LogP contribution >= 0.6 is 0 Å². The van der Waals surface area contributed by atoms with Crippen LogP contribution < -0.4 is 10.1 Å². The van der Waals surface area contributed by atoms with Gasteiger partial charge in [-0.2, -0.15) is 4.89 Å². The summed E-state index contributed by atoms with van der Waals surface area (Å²) in [5.41, 5.74) is 2.80. The lowest BCUT2D eigenvalue weighted by Gasteiger charge is -2.26. The molecule has 0 aromatic heterocycles. The van der Waals surface area contributed by atoms with Crippen LogP contribution in [0.3, 0.4) is 0 Å². The van der Waals surface area contributed by atoms with Gasteiger partial charge in [0.1, 0.15) is 17.9 Å². The quantitative estimate of drug-likeness (QED) is 0.575. The first-order valence-corrected chi connectivity index (χ1v) is 9.15. The van der Waals surface area contributed by atoms with Crippen molar-refractivity contribution in [1.82, 2.24) is 0 Å². The van der Waals surface area contributed by atoms with Gasteiger partial charge in [0.15, 0.2) is 5.76 Å². The predicted octanol–water partition coefficient (Wildman–Crippen LogP) is 2.82.